The van der Waals surface area contributed by atoms with Crippen LogP contribution < -0.4 is 5.32 Å². The molecule has 0 aliphatic heterocycles. The van der Waals surface area contributed by atoms with Gasteiger partial charge in [0.05, 0.1) is 0 Å². The molecular formula is C15H23N. The SMILES string of the molecule is Cc1cccc(C2(CNC(C)C)CC2C)c1. The minimum atomic E-state index is 0.413. The van der Waals surface area contributed by atoms with Crippen molar-refractivity contribution < 1.29 is 0 Å². The van der Waals surface area contributed by atoms with E-state index in [1.165, 1.54) is 17.5 Å². The highest BCUT2D eigenvalue weighted by molar-refractivity contribution is 5.36. The van der Waals surface area contributed by atoms with Gasteiger partial charge in [-0.05, 0) is 24.8 Å². The number of nitrogens with one attached hydrogen (secondary N) is 1. The second-order valence-corrected chi connectivity index (χ2v) is 5.67. The van der Waals surface area contributed by atoms with E-state index in [0.717, 1.165) is 12.5 Å². The summed E-state index contributed by atoms with van der Waals surface area (Å²) in [7, 11) is 0. The summed E-state index contributed by atoms with van der Waals surface area (Å²) in [6.45, 7) is 10.1. The van der Waals surface area contributed by atoms with Gasteiger partial charge in [-0.1, -0.05) is 50.6 Å². The van der Waals surface area contributed by atoms with Crippen molar-refractivity contribution in [3.63, 3.8) is 0 Å². The van der Waals surface area contributed by atoms with Crippen molar-refractivity contribution in [2.75, 3.05) is 6.54 Å². The summed E-state index contributed by atoms with van der Waals surface area (Å²) in [5.41, 5.74) is 3.31. The Morgan fingerprint density at radius 3 is 2.62 bits per heavy atom. The van der Waals surface area contributed by atoms with Crippen LogP contribution in [0.1, 0.15) is 38.3 Å². The number of benzene rings is 1. The summed E-state index contributed by atoms with van der Waals surface area (Å²) >= 11 is 0. The van der Waals surface area contributed by atoms with Gasteiger partial charge in [-0.3, -0.25) is 0 Å². The highest BCUT2D eigenvalue weighted by Gasteiger charge is 2.51. The maximum Gasteiger partial charge on any atom is 0.0107 e. The van der Waals surface area contributed by atoms with Gasteiger partial charge in [-0.2, -0.15) is 0 Å². The Bertz CT molecular complexity index is 369. The summed E-state index contributed by atoms with van der Waals surface area (Å²) in [5, 5.41) is 3.60. The van der Waals surface area contributed by atoms with Crippen LogP contribution in [-0.4, -0.2) is 12.6 Å². The molecule has 16 heavy (non-hydrogen) atoms. The average Bonchev–Trinajstić information content (AvgIpc) is 2.88. The molecule has 0 saturated heterocycles. The van der Waals surface area contributed by atoms with E-state index in [4.69, 9.17) is 0 Å². The number of hydrogen-bond acceptors (Lipinski definition) is 1. The van der Waals surface area contributed by atoms with E-state index >= 15 is 0 Å². The molecule has 1 aromatic rings. The van der Waals surface area contributed by atoms with Crippen LogP contribution in [0.3, 0.4) is 0 Å². The normalized spacial score (nSPS) is 28.4. The Balaban J connectivity index is 2.16. The predicted octanol–water partition coefficient (Wildman–Crippen LogP) is 3.27. The monoisotopic (exact) mass is 217 g/mol. The van der Waals surface area contributed by atoms with E-state index in [1.807, 2.05) is 0 Å². The minimum absolute atomic E-state index is 0.413. The Labute approximate surface area is 99.3 Å². The second kappa shape index (κ2) is 4.21. The van der Waals surface area contributed by atoms with Gasteiger partial charge < -0.3 is 5.32 Å². The quantitative estimate of drug-likeness (QED) is 0.816. The van der Waals surface area contributed by atoms with Crippen LogP contribution in [0.25, 0.3) is 0 Å². The number of aryl methyl sites for hydroxylation is 1. The molecule has 0 aromatic heterocycles. The molecule has 0 spiro atoms. The van der Waals surface area contributed by atoms with E-state index in [9.17, 15) is 0 Å². The molecule has 1 aliphatic rings. The fraction of sp³-hybridized carbons (Fsp3) is 0.600. The molecule has 88 valence electrons. The zero-order chi connectivity index (χ0) is 11.8. The van der Waals surface area contributed by atoms with Crippen LogP contribution in [0.4, 0.5) is 0 Å². The summed E-state index contributed by atoms with van der Waals surface area (Å²) in [5.74, 6) is 0.820. The van der Waals surface area contributed by atoms with Crippen molar-refractivity contribution in [3.05, 3.63) is 35.4 Å². The Kier molecular flexibility index (Phi) is 3.07. The molecular weight excluding hydrogens is 194 g/mol. The first-order valence-corrected chi connectivity index (χ1v) is 6.35. The van der Waals surface area contributed by atoms with Crippen molar-refractivity contribution >= 4 is 0 Å². The van der Waals surface area contributed by atoms with E-state index in [1.54, 1.807) is 0 Å². The lowest BCUT2D eigenvalue weighted by molar-refractivity contribution is 0.499. The van der Waals surface area contributed by atoms with Crippen molar-refractivity contribution in [2.45, 2.75) is 45.6 Å². The first-order chi connectivity index (χ1) is 7.54. The molecule has 1 N–H and O–H groups in total. The molecule has 1 saturated carbocycles. The standard InChI is InChI=1S/C15H23N/c1-11(2)16-10-15(9-13(15)4)14-7-5-6-12(3)8-14/h5-8,11,13,16H,9-10H2,1-4H3. The number of hydrogen-bond donors (Lipinski definition) is 1. The van der Waals surface area contributed by atoms with Crippen LogP contribution >= 0.6 is 0 Å². The summed E-state index contributed by atoms with van der Waals surface area (Å²) in [4.78, 5) is 0. The van der Waals surface area contributed by atoms with E-state index < -0.39 is 0 Å². The van der Waals surface area contributed by atoms with Gasteiger partial charge in [0.1, 0.15) is 0 Å². The second-order valence-electron chi connectivity index (χ2n) is 5.67. The van der Waals surface area contributed by atoms with Crippen LogP contribution in [0.15, 0.2) is 24.3 Å². The van der Waals surface area contributed by atoms with Crippen LogP contribution in [-0.2, 0) is 5.41 Å². The first-order valence-electron chi connectivity index (χ1n) is 6.35. The maximum atomic E-state index is 3.60. The summed E-state index contributed by atoms with van der Waals surface area (Å²) in [6.07, 6.45) is 1.33. The molecule has 2 unspecified atom stereocenters. The van der Waals surface area contributed by atoms with Gasteiger partial charge in [0.25, 0.3) is 0 Å². The fourth-order valence-corrected chi connectivity index (χ4v) is 2.58. The van der Waals surface area contributed by atoms with Crippen molar-refractivity contribution in [2.24, 2.45) is 5.92 Å². The molecule has 2 rings (SSSR count). The van der Waals surface area contributed by atoms with E-state index in [-0.39, 0.29) is 0 Å². The minimum Gasteiger partial charge on any atom is -0.314 e. The lowest BCUT2D eigenvalue weighted by atomic mass is 9.92. The molecule has 1 aromatic carbocycles. The van der Waals surface area contributed by atoms with Gasteiger partial charge in [0.15, 0.2) is 0 Å². The third-order valence-corrected chi connectivity index (χ3v) is 3.87. The van der Waals surface area contributed by atoms with Crippen molar-refractivity contribution in [1.82, 2.24) is 5.32 Å². The van der Waals surface area contributed by atoms with Gasteiger partial charge in [0.2, 0.25) is 0 Å². The van der Waals surface area contributed by atoms with Gasteiger partial charge in [-0.25, -0.2) is 0 Å². The van der Waals surface area contributed by atoms with Crippen LogP contribution in [0, 0.1) is 12.8 Å². The Morgan fingerprint density at radius 1 is 1.44 bits per heavy atom. The summed E-state index contributed by atoms with van der Waals surface area (Å²) in [6, 6.07) is 9.59. The molecule has 1 nitrogen and oxygen atoms in total. The van der Waals surface area contributed by atoms with Gasteiger partial charge in [0, 0.05) is 18.0 Å². The highest BCUT2D eigenvalue weighted by Crippen LogP contribution is 2.53. The van der Waals surface area contributed by atoms with E-state index in [0.29, 0.717) is 11.5 Å². The first kappa shape index (κ1) is 11.7. The number of rotatable bonds is 4. The fourth-order valence-electron chi connectivity index (χ4n) is 2.58. The molecule has 0 amide bonds. The van der Waals surface area contributed by atoms with Gasteiger partial charge >= 0.3 is 0 Å². The third-order valence-electron chi connectivity index (χ3n) is 3.87. The molecule has 0 heterocycles. The Morgan fingerprint density at radius 2 is 2.12 bits per heavy atom. The molecule has 0 radical (unpaired) electrons. The lowest BCUT2D eigenvalue weighted by Crippen LogP contribution is -2.33. The summed E-state index contributed by atoms with van der Waals surface area (Å²) < 4.78 is 0. The van der Waals surface area contributed by atoms with Gasteiger partial charge in [-0.15, -0.1) is 0 Å². The molecule has 1 aliphatic carbocycles. The van der Waals surface area contributed by atoms with Crippen LogP contribution in [0.2, 0.25) is 0 Å². The van der Waals surface area contributed by atoms with Crippen molar-refractivity contribution in [3.8, 4) is 0 Å². The molecule has 1 heteroatoms. The average molecular weight is 217 g/mol. The maximum absolute atomic E-state index is 3.60. The lowest BCUT2D eigenvalue weighted by Gasteiger charge is -2.20. The molecule has 2 atom stereocenters. The largest absolute Gasteiger partial charge is 0.314 e. The topological polar surface area (TPSA) is 12.0 Å². The molecule has 0 bridgehead atoms. The highest BCUT2D eigenvalue weighted by atomic mass is 14.9. The van der Waals surface area contributed by atoms with Crippen molar-refractivity contribution in [1.29, 1.82) is 0 Å². The zero-order valence-corrected chi connectivity index (χ0v) is 10.9. The van der Waals surface area contributed by atoms with Crippen LogP contribution in [0.5, 0.6) is 0 Å². The predicted molar refractivity (Wildman–Crippen MR) is 69.8 cm³/mol. The third kappa shape index (κ3) is 2.15. The Hall–Kier alpha value is -0.820. The molecule has 1 fully saturated rings. The zero-order valence-electron chi connectivity index (χ0n) is 10.9. The smallest absolute Gasteiger partial charge is 0.0107 e. The van der Waals surface area contributed by atoms with E-state index in [2.05, 4.69) is 57.3 Å².